The van der Waals surface area contributed by atoms with Crippen molar-refractivity contribution in [3.05, 3.63) is 54.4 Å². The van der Waals surface area contributed by atoms with Gasteiger partial charge in [0.2, 0.25) is 5.95 Å². The SMILES string of the molecule is CCn1c(NCc2ccncc2)nc2ccccc21. The van der Waals surface area contributed by atoms with E-state index < -0.39 is 0 Å². The Bertz CT molecular complexity index is 673. The molecule has 0 spiro atoms. The fourth-order valence-corrected chi connectivity index (χ4v) is 2.21. The Morgan fingerprint density at radius 3 is 2.68 bits per heavy atom. The fourth-order valence-electron chi connectivity index (χ4n) is 2.21. The number of para-hydroxylation sites is 2. The third-order valence-corrected chi connectivity index (χ3v) is 3.17. The Balaban J connectivity index is 1.88. The number of fused-ring (bicyclic) bond motifs is 1. The Morgan fingerprint density at radius 2 is 1.89 bits per heavy atom. The van der Waals surface area contributed by atoms with Gasteiger partial charge >= 0.3 is 0 Å². The quantitative estimate of drug-likeness (QED) is 0.776. The van der Waals surface area contributed by atoms with Crippen molar-refractivity contribution >= 4 is 17.0 Å². The van der Waals surface area contributed by atoms with Crippen molar-refractivity contribution in [1.29, 1.82) is 0 Å². The summed E-state index contributed by atoms with van der Waals surface area (Å²) in [7, 11) is 0. The van der Waals surface area contributed by atoms with Gasteiger partial charge in [0.1, 0.15) is 0 Å². The lowest BCUT2D eigenvalue weighted by Gasteiger charge is -2.08. The number of hydrogen-bond donors (Lipinski definition) is 1. The number of benzene rings is 1. The van der Waals surface area contributed by atoms with Gasteiger partial charge in [0.05, 0.1) is 11.0 Å². The van der Waals surface area contributed by atoms with Gasteiger partial charge in [0.25, 0.3) is 0 Å². The highest BCUT2D eigenvalue weighted by Crippen LogP contribution is 2.19. The van der Waals surface area contributed by atoms with Gasteiger partial charge in [-0.1, -0.05) is 12.1 Å². The second-order valence-corrected chi connectivity index (χ2v) is 4.38. The van der Waals surface area contributed by atoms with Gasteiger partial charge in [-0.15, -0.1) is 0 Å². The lowest BCUT2D eigenvalue weighted by atomic mass is 10.3. The van der Waals surface area contributed by atoms with Gasteiger partial charge in [-0.2, -0.15) is 0 Å². The highest BCUT2D eigenvalue weighted by Gasteiger charge is 2.07. The second-order valence-electron chi connectivity index (χ2n) is 4.38. The largest absolute Gasteiger partial charge is 0.352 e. The van der Waals surface area contributed by atoms with Gasteiger partial charge in [0.15, 0.2) is 0 Å². The summed E-state index contributed by atoms with van der Waals surface area (Å²) in [6, 6.07) is 12.2. The number of nitrogens with zero attached hydrogens (tertiary/aromatic N) is 3. The minimum Gasteiger partial charge on any atom is -0.352 e. The maximum absolute atomic E-state index is 4.63. The summed E-state index contributed by atoms with van der Waals surface area (Å²) in [5.74, 6) is 0.917. The van der Waals surface area contributed by atoms with Crippen LogP contribution in [0, 0.1) is 0 Å². The monoisotopic (exact) mass is 252 g/mol. The van der Waals surface area contributed by atoms with Crippen LogP contribution >= 0.6 is 0 Å². The molecule has 2 heterocycles. The summed E-state index contributed by atoms with van der Waals surface area (Å²) in [5, 5.41) is 3.39. The molecule has 0 aliphatic carbocycles. The van der Waals surface area contributed by atoms with Crippen LogP contribution in [0.15, 0.2) is 48.8 Å². The van der Waals surface area contributed by atoms with Crippen LogP contribution in [0.3, 0.4) is 0 Å². The molecule has 19 heavy (non-hydrogen) atoms. The van der Waals surface area contributed by atoms with Crippen LogP contribution in [-0.4, -0.2) is 14.5 Å². The molecular weight excluding hydrogens is 236 g/mol. The molecule has 0 unspecified atom stereocenters. The van der Waals surface area contributed by atoms with Crippen molar-refractivity contribution in [2.24, 2.45) is 0 Å². The molecule has 0 fully saturated rings. The number of imidazole rings is 1. The van der Waals surface area contributed by atoms with Crippen molar-refractivity contribution < 1.29 is 0 Å². The third-order valence-electron chi connectivity index (χ3n) is 3.17. The molecule has 3 aromatic rings. The minimum absolute atomic E-state index is 0.756. The van der Waals surface area contributed by atoms with Crippen molar-refractivity contribution in [2.45, 2.75) is 20.0 Å². The van der Waals surface area contributed by atoms with Crippen LogP contribution in [0.25, 0.3) is 11.0 Å². The molecule has 96 valence electrons. The van der Waals surface area contributed by atoms with Crippen molar-refractivity contribution in [2.75, 3.05) is 5.32 Å². The molecule has 1 N–H and O–H groups in total. The molecule has 1 aromatic carbocycles. The van der Waals surface area contributed by atoms with E-state index in [0.29, 0.717) is 0 Å². The molecule has 0 aliphatic rings. The lowest BCUT2D eigenvalue weighted by molar-refractivity contribution is 0.787. The molecule has 0 aliphatic heterocycles. The second kappa shape index (κ2) is 5.10. The Hall–Kier alpha value is -2.36. The summed E-state index contributed by atoms with van der Waals surface area (Å²) in [5.41, 5.74) is 3.40. The van der Waals surface area contributed by atoms with Crippen LogP contribution < -0.4 is 5.32 Å². The number of pyridine rings is 1. The lowest BCUT2D eigenvalue weighted by Crippen LogP contribution is -2.06. The number of aromatic nitrogens is 3. The Morgan fingerprint density at radius 1 is 1.11 bits per heavy atom. The molecule has 0 saturated heterocycles. The van der Waals surface area contributed by atoms with E-state index >= 15 is 0 Å². The molecule has 3 rings (SSSR count). The summed E-state index contributed by atoms with van der Waals surface area (Å²) < 4.78 is 2.19. The van der Waals surface area contributed by atoms with Gasteiger partial charge in [-0.25, -0.2) is 4.98 Å². The van der Waals surface area contributed by atoms with Crippen LogP contribution in [0.2, 0.25) is 0 Å². The van der Waals surface area contributed by atoms with Gasteiger partial charge < -0.3 is 9.88 Å². The summed E-state index contributed by atoms with van der Waals surface area (Å²) in [6.45, 7) is 3.79. The van der Waals surface area contributed by atoms with Crippen molar-refractivity contribution in [3.8, 4) is 0 Å². The normalized spacial score (nSPS) is 10.8. The van der Waals surface area contributed by atoms with Crippen LogP contribution in [0.4, 0.5) is 5.95 Å². The highest BCUT2D eigenvalue weighted by atomic mass is 15.2. The zero-order valence-corrected chi connectivity index (χ0v) is 10.9. The minimum atomic E-state index is 0.756. The van der Waals surface area contributed by atoms with E-state index in [1.165, 1.54) is 11.1 Å². The average molecular weight is 252 g/mol. The Labute approximate surface area is 112 Å². The number of hydrogen-bond acceptors (Lipinski definition) is 3. The number of nitrogens with one attached hydrogen (secondary N) is 1. The maximum atomic E-state index is 4.63. The third kappa shape index (κ3) is 2.29. The summed E-state index contributed by atoms with van der Waals surface area (Å²) in [6.07, 6.45) is 3.61. The standard InChI is InChI=1S/C15H16N4/c1-2-19-14-6-4-3-5-13(14)18-15(19)17-11-12-7-9-16-10-8-12/h3-10H,2,11H2,1H3,(H,17,18). The Kier molecular flexibility index (Phi) is 3.14. The molecule has 0 bridgehead atoms. The predicted octanol–water partition coefficient (Wildman–Crippen LogP) is 3.06. The number of anilines is 1. The van der Waals surface area contributed by atoms with Crippen LogP contribution in [0.5, 0.6) is 0 Å². The molecule has 0 saturated carbocycles. The zero-order chi connectivity index (χ0) is 13.1. The first-order valence-corrected chi connectivity index (χ1v) is 6.46. The fraction of sp³-hybridized carbons (Fsp3) is 0.200. The van der Waals surface area contributed by atoms with Crippen LogP contribution in [0.1, 0.15) is 12.5 Å². The maximum Gasteiger partial charge on any atom is 0.204 e. The molecule has 4 heteroatoms. The van der Waals surface area contributed by atoms with E-state index in [-0.39, 0.29) is 0 Å². The van der Waals surface area contributed by atoms with E-state index in [1.54, 1.807) is 12.4 Å². The zero-order valence-electron chi connectivity index (χ0n) is 10.9. The van der Waals surface area contributed by atoms with Gasteiger partial charge in [0, 0.05) is 25.5 Å². The number of rotatable bonds is 4. The van der Waals surface area contributed by atoms with E-state index in [4.69, 9.17) is 0 Å². The van der Waals surface area contributed by atoms with E-state index in [1.807, 2.05) is 30.3 Å². The molecular formula is C15H16N4. The molecule has 0 amide bonds. The average Bonchev–Trinajstić information content (AvgIpc) is 2.83. The summed E-state index contributed by atoms with van der Waals surface area (Å²) >= 11 is 0. The highest BCUT2D eigenvalue weighted by molar-refractivity contribution is 5.78. The van der Waals surface area contributed by atoms with Crippen molar-refractivity contribution in [3.63, 3.8) is 0 Å². The molecule has 0 atom stereocenters. The molecule has 0 radical (unpaired) electrons. The van der Waals surface area contributed by atoms with Gasteiger partial charge in [-0.3, -0.25) is 4.98 Å². The van der Waals surface area contributed by atoms with E-state index in [2.05, 4.69) is 32.8 Å². The first-order chi connectivity index (χ1) is 9.38. The number of aryl methyl sites for hydroxylation is 1. The van der Waals surface area contributed by atoms with Crippen molar-refractivity contribution in [1.82, 2.24) is 14.5 Å². The first kappa shape index (κ1) is 11.7. The van der Waals surface area contributed by atoms with Crippen LogP contribution in [-0.2, 0) is 13.1 Å². The van der Waals surface area contributed by atoms with Gasteiger partial charge in [-0.05, 0) is 36.8 Å². The smallest absolute Gasteiger partial charge is 0.204 e. The molecule has 2 aromatic heterocycles. The molecule has 4 nitrogen and oxygen atoms in total. The van der Waals surface area contributed by atoms with E-state index in [0.717, 1.165) is 24.6 Å². The van der Waals surface area contributed by atoms with E-state index in [9.17, 15) is 0 Å². The topological polar surface area (TPSA) is 42.7 Å². The first-order valence-electron chi connectivity index (χ1n) is 6.46. The summed E-state index contributed by atoms with van der Waals surface area (Å²) in [4.78, 5) is 8.66. The predicted molar refractivity (Wildman–Crippen MR) is 77.0 cm³/mol.